The van der Waals surface area contributed by atoms with E-state index in [4.69, 9.17) is 4.52 Å². The number of nitrogens with zero attached hydrogens (tertiary/aromatic N) is 2. The molecule has 0 aliphatic heterocycles. The van der Waals surface area contributed by atoms with Crippen molar-refractivity contribution in [3.8, 4) is 0 Å². The summed E-state index contributed by atoms with van der Waals surface area (Å²) in [6.07, 6.45) is 5.31. The molecule has 28 heavy (non-hydrogen) atoms. The van der Waals surface area contributed by atoms with Crippen LogP contribution < -0.4 is 16.0 Å². The number of urea groups is 1. The first-order chi connectivity index (χ1) is 13.5. The van der Waals surface area contributed by atoms with Crippen LogP contribution in [0, 0.1) is 12.8 Å². The van der Waals surface area contributed by atoms with Gasteiger partial charge in [0.25, 0.3) is 0 Å². The lowest BCUT2D eigenvalue weighted by molar-refractivity contribution is -0.119. The van der Waals surface area contributed by atoms with E-state index in [-0.39, 0.29) is 17.9 Å². The normalized spacial score (nSPS) is 14.1. The molecular weight excluding hydrogens is 358 g/mol. The highest BCUT2D eigenvalue weighted by atomic mass is 16.5. The number of nitrogens with one attached hydrogen (secondary N) is 3. The number of hydrogen-bond donors (Lipinski definition) is 3. The molecule has 0 radical (unpaired) electrons. The van der Waals surface area contributed by atoms with Crippen molar-refractivity contribution in [3.63, 3.8) is 0 Å². The number of benzene rings is 1. The Hall–Kier alpha value is -2.90. The van der Waals surface area contributed by atoms with E-state index in [0.717, 1.165) is 31.2 Å². The molecule has 1 heterocycles. The molecule has 0 saturated heterocycles. The minimum Gasteiger partial charge on any atom is -0.339 e. The first kappa shape index (κ1) is 19.9. The summed E-state index contributed by atoms with van der Waals surface area (Å²) >= 11 is 0. The Bertz CT molecular complexity index is 827. The molecule has 0 spiro atoms. The van der Waals surface area contributed by atoms with E-state index in [2.05, 4.69) is 26.1 Å². The second-order valence-corrected chi connectivity index (χ2v) is 7.09. The van der Waals surface area contributed by atoms with Gasteiger partial charge in [0.15, 0.2) is 5.82 Å². The molecule has 1 aromatic heterocycles. The van der Waals surface area contributed by atoms with E-state index in [1.165, 1.54) is 0 Å². The monoisotopic (exact) mass is 385 g/mol. The van der Waals surface area contributed by atoms with E-state index in [1.54, 1.807) is 6.07 Å². The molecule has 1 saturated carbocycles. The third-order valence-electron chi connectivity index (χ3n) is 4.93. The SMILES string of the molecule is CCc1nc(CCNC(=O)Nc2cc(NC(=O)C3CCCC3)ccc2C)no1. The van der Waals surface area contributed by atoms with Crippen LogP contribution in [-0.2, 0) is 17.6 Å². The summed E-state index contributed by atoms with van der Waals surface area (Å²) in [5.74, 6) is 1.32. The van der Waals surface area contributed by atoms with Crippen molar-refractivity contribution in [1.82, 2.24) is 15.5 Å². The highest BCUT2D eigenvalue weighted by molar-refractivity contribution is 5.95. The molecule has 0 atom stereocenters. The van der Waals surface area contributed by atoms with Gasteiger partial charge in [-0.15, -0.1) is 0 Å². The van der Waals surface area contributed by atoms with Crippen LogP contribution in [0.2, 0.25) is 0 Å². The Balaban J connectivity index is 1.50. The van der Waals surface area contributed by atoms with Crippen molar-refractivity contribution in [2.24, 2.45) is 5.92 Å². The summed E-state index contributed by atoms with van der Waals surface area (Å²) in [5, 5.41) is 12.4. The molecule has 8 nitrogen and oxygen atoms in total. The first-order valence-corrected chi connectivity index (χ1v) is 9.83. The Labute approximate surface area is 164 Å². The molecule has 1 aromatic carbocycles. The lowest BCUT2D eigenvalue weighted by atomic mass is 10.1. The summed E-state index contributed by atoms with van der Waals surface area (Å²) in [5.41, 5.74) is 2.27. The molecule has 0 unspecified atom stereocenters. The van der Waals surface area contributed by atoms with E-state index >= 15 is 0 Å². The third kappa shape index (κ3) is 5.31. The van der Waals surface area contributed by atoms with Crippen LogP contribution in [0.25, 0.3) is 0 Å². The van der Waals surface area contributed by atoms with Crippen LogP contribution in [0.15, 0.2) is 22.7 Å². The summed E-state index contributed by atoms with van der Waals surface area (Å²) in [6.45, 7) is 4.24. The molecule has 8 heteroatoms. The minimum absolute atomic E-state index is 0.0586. The molecule has 1 aliphatic carbocycles. The van der Waals surface area contributed by atoms with E-state index in [9.17, 15) is 9.59 Å². The maximum atomic E-state index is 12.3. The van der Waals surface area contributed by atoms with Gasteiger partial charge in [0, 0.05) is 36.7 Å². The van der Waals surface area contributed by atoms with E-state index in [1.807, 2.05) is 26.0 Å². The second-order valence-electron chi connectivity index (χ2n) is 7.09. The number of aromatic nitrogens is 2. The fourth-order valence-corrected chi connectivity index (χ4v) is 3.26. The van der Waals surface area contributed by atoms with Gasteiger partial charge >= 0.3 is 6.03 Å². The number of amides is 3. The van der Waals surface area contributed by atoms with Crippen LogP contribution >= 0.6 is 0 Å². The fourth-order valence-electron chi connectivity index (χ4n) is 3.26. The molecule has 1 fully saturated rings. The Morgan fingerprint density at radius 2 is 2.00 bits per heavy atom. The lowest BCUT2D eigenvalue weighted by Gasteiger charge is -2.14. The van der Waals surface area contributed by atoms with Gasteiger partial charge in [-0.2, -0.15) is 4.98 Å². The Kier molecular flexibility index (Phi) is 6.62. The smallest absolute Gasteiger partial charge is 0.319 e. The zero-order chi connectivity index (χ0) is 19.9. The molecule has 3 rings (SSSR count). The van der Waals surface area contributed by atoms with Crippen molar-refractivity contribution in [1.29, 1.82) is 0 Å². The summed E-state index contributed by atoms with van der Waals surface area (Å²) in [4.78, 5) is 28.7. The largest absolute Gasteiger partial charge is 0.339 e. The van der Waals surface area contributed by atoms with Crippen LogP contribution in [0.1, 0.15) is 49.9 Å². The fraction of sp³-hybridized carbons (Fsp3) is 0.500. The second kappa shape index (κ2) is 9.34. The number of carbonyl (C=O) groups excluding carboxylic acids is 2. The predicted octanol–water partition coefficient (Wildman–Crippen LogP) is 3.43. The van der Waals surface area contributed by atoms with Crippen molar-refractivity contribution in [2.45, 2.75) is 52.4 Å². The van der Waals surface area contributed by atoms with E-state index < -0.39 is 0 Å². The summed E-state index contributed by atoms with van der Waals surface area (Å²) in [6, 6.07) is 5.20. The van der Waals surface area contributed by atoms with Gasteiger partial charge in [-0.05, 0) is 37.5 Å². The average Bonchev–Trinajstić information content (AvgIpc) is 3.36. The lowest BCUT2D eigenvalue weighted by Crippen LogP contribution is -2.31. The van der Waals surface area contributed by atoms with Crippen molar-refractivity contribution >= 4 is 23.3 Å². The van der Waals surface area contributed by atoms with Gasteiger partial charge < -0.3 is 20.5 Å². The van der Waals surface area contributed by atoms with Gasteiger partial charge in [0.1, 0.15) is 0 Å². The van der Waals surface area contributed by atoms with Crippen LogP contribution in [0.3, 0.4) is 0 Å². The van der Waals surface area contributed by atoms with Gasteiger partial charge in [0.05, 0.1) is 0 Å². The third-order valence-corrected chi connectivity index (χ3v) is 4.93. The van der Waals surface area contributed by atoms with Gasteiger partial charge in [-0.3, -0.25) is 4.79 Å². The van der Waals surface area contributed by atoms with Crippen LogP contribution in [-0.4, -0.2) is 28.6 Å². The van der Waals surface area contributed by atoms with Gasteiger partial charge in [0.2, 0.25) is 11.8 Å². The predicted molar refractivity (Wildman–Crippen MR) is 106 cm³/mol. The van der Waals surface area contributed by atoms with E-state index in [0.29, 0.717) is 42.5 Å². The number of carbonyl (C=O) groups is 2. The van der Waals surface area contributed by atoms with Crippen molar-refractivity contribution in [2.75, 3.05) is 17.2 Å². The molecule has 150 valence electrons. The molecule has 3 N–H and O–H groups in total. The van der Waals surface area contributed by atoms with Crippen molar-refractivity contribution in [3.05, 3.63) is 35.5 Å². The maximum absolute atomic E-state index is 12.3. The zero-order valence-corrected chi connectivity index (χ0v) is 16.4. The Morgan fingerprint density at radius 1 is 1.21 bits per heavy atom. The van der Waals surface area contributed by atoms with Gasteiger partial charge in [-0.1, -0.05) is 31.0 Å². The Morgan fingerprint density at radius 3 is 2.71 bits per heavy atom. The zero-order valence-electron chi connectivity index (χ0n) is 16.4. The molecule has 0 bridgehead atoms. The number of anilines is 2. The topological polar surface area (TPSA) is 109 Å². The highest BCUT2D eigenvalue weighted by Gasteiger charge is 2.22. The molecule has 1 aliphatic rings. The molecule has 2 aromatic rings. The minimum atomic E-state index is -0.318. The quantitative estimate of drug-likeness (QED) is 0.676. The first-order valence-electron chi connectivity index (χ1n) is 9.83. The van der Waals surface area contributed by atoms with Crippen LogP contribution in [0.5, 0.6) is 0 Å². The number of aryl methyl sites for hydroxylation is 2. The summed E-state index contributed by atoms with van der Waals surface area (Å²) in [7, 11) is 0. The van der Waals surface area contributed by atoms with Crippen LogP contribution in [0.4, 0.5) is 16.2 Å². The van der Waals surface area contributed by atoms with Crippen molar-refractivity contribution < 1.29 is 14.1 Å². The highest BCUT2D eigenvalue weighted by Crippen LogP contribution is 2.27. The number of hydrogen-bond acceptors (Lipinski definition) is 5. The van der Waals surface area contributed by atoms with Gasteiger partial charge in [-0.25, -0.2) is 4.79 Å². The molecular formula is C20H27N5O3. The molecule has 3 amide bonds. The number of rotatable bonds is 7. The maximum Gasteiger partial charge on any atom is 0.319 e. The standard InChI is InChI=1S/C20H27N5O3/c1-3-18-24-17(25-28-18)10-11-21-20(27)23-16-12-15(9-8-13(16)2)22-19(26)14-6-4-5-7-14/h8-9,12,14H,3-7,10-11H2,1-2H3,(H,22,26)(H2,21,23,27). The summed E-state index contributed by atoms with van der Waals surface area (Å²) < 4.78 is 5.04. The average molecular weight is 385 g/mol.